The van der Waals surface area contributed by atoms with Gasteiger partial charge < -0.3 is 29.3 Å². The lowest BCUT2D eigenvalue weighted by Crippen LogP contribution is -3.00. The first-order valence-corrected chi connectivity index (χ1v) is 9.15. The van der Waals surface area contributed by atoms with Crippen molar-refractivity contribution in [3.8, 4) is 5.69 Å². The van der Waals surface area contributed by atoms with Crippen LogP contribution < -0.4 is 33.9 Å². The maximum Gasteiger partial charge on any atom is 0.259 e. The maximum absolute atomic E-state index is 12.7. The van der Waals surface area contributed by atoms with Crippen molar-refractivity contribution in [3.63, 3.8) is 0 Å². The fourth-order valence-electron chi connectivity index (χ4n) is 3.57. The second kappa shape index (κ2) is 8.56. The smallest absolute Gasteiger partial charge is 0.259 e. The molecule has 4 aromatic rings. The lowest BCUT2D eigenvalue weighted by molar-refractivity contribution is -0.674. The van der Waals surface area contributed by atoms with Crippen LogP contribution in [0.3, 0.4) is 0 Å². The zero-order valence-electron chi connectivity index (χ0n) is 15.9. The van der Waals surface area contributed by atoms with Gasteiger partial charge in [0.1, 0.15) is 5.69 Å². The third-order valence-electron chi connectivity index (χ3n) is 4.85. The number of carbonyl (C=O) groups is 1. The van der Waals surface area contributed by atoms with Gasteiger partial charge in [-0.25, -0.2) is 4.57 Å². The van der Waals surface area contributed by atoms with Crippen LogP contribution in [0.4, 0.5) is 5.69 Å². The molecule has 1 amide bonds. The molecule has 0 aliphatic rings. The van der Waals surface area contributed by atoms with E-state index in [0.29, 0.717) is 5.56 Å². The van der Waals surface area contributed by atoms with Gasteiger partial charge in [-0.05, 0) is 43.3 Å². The van der Waals surface area contributed by atoms with Crippen LogP contribution >= 0.6 is 0 Å². The molecule has 4 rings (SSSR count). The predicted octanol–water partition coefficient (Wildman–Crippen LogP) is 1.50. The molecule has 0 saturated carbocycles. The Balaban J connectivity index is 0.00000225. The molecule has 0 bridgehead atoms. The van der Waals surface area contributed by atoms with Gasteiger partial charge in [-0.15, -0.1) is 0 Å². The molecule has 1 aromatic heterocycles. The molecular weight excluding hydrogens is 461 g/mol. The van der Waals surface area contributed by atoms with Crippen LogP contribution in [0.25, 0.3) is 16.7 Å². The summed E-state index contributed by atoms with van der Waals surface area (Å²) in [6.45, 7) is 5.07. The third kappa shape index (κ3) is 3.67. The summed E-state index contributed by atoms with van der Waals surface area (Å²) >= 11 is 0. The van der Waals surface area contributed by atoms with Crippen molar-refractivity contribution >= 4 is 22.6 Å². The summed E-state index contributed by atoms with van der Waals surface area (Å²) in [6.07, 6.45) is 0. The highest BCUT2D eigenvalue weighted by Gasteiger charge is 2.23. The second-order valence-electron chi connectivity index (χ2n) is 6.49. The van der Waals surface area contributed by atoms with Crippen LogP contribution in [0.2, 0.25) is 0 Å². The minimum Gasteiger partial charge on any atom is -1.00 e. The Morgan fingerprint density at radius 2 is 1.61 bits per heavy atom. The van der Waals surface area contributed by atoms with Gasteiger partial charge in [0, 0.05) is 24.2 Å². The SMILES string of the molecule is CC[n+]1c(C)n(-c2ccccc2)c2ccc(C(=O)Nc3ccccc3)cc21.[I-]. The molecule has 0 atom stereocenters. The third-order valence-corrected chi connectivity index (χ3v) is 4.85. The monoisotopic (exact) mass is 483 g/mol. The molecule has 1 heterocycles. The van der Waals surface area contributed by atoms with Gasteiger partial charge in [0.25, 0.3) is 11.7 Å². The van der Waals surface area contributed by atoms with Gasteiger partial charge in [0.2, 0.25) is 0 Å². The van der Waals surface area contributed by atoms with Crippen LogP contribution in [0, 0.1) is 6.92 Å². The molecule has 0 aliphatic carbocycles. The first kappa shape index (κ1) is 20.1. The van der Waals surface area contributed by atoms with Crippen LogP contribution in [-0.4, -0.2) is 10.5 Å². The molecule has 0 spiro atoms. The van der Waals surface area contributed by atoms with E-state index in [9.17, 15) is 4.79 Å². The van der Waals surface area contributed by atoms with Crippen LogP contribution in [0.1, 0.15) is 23.1 Å². The topological polar surface area (TPSA) is 37.9 Å². The Morgan fingerprint density at radius 1 is 0.964 bits per heavy atom. The number of anilines is 1. The highest BCUT2D eigenvalue weighted by atomic mass is 127. The Kier molecular flexibility index (Phi) is 6.14. The van der Waals surface area contributed by atoms with E-state index in [1.165, 1.54) is 0 Å². The van der Waals surface area contributed by atoms with Gasteiger partial charge in [0.05, 0.1) is 6.54 Å². The van der Waals surface area contributed by atoms with E-state index in [1.807, 2.05) is 66.7 Å². The van der Waals surface area contributed by atoms with Crippen molar-refractivity contribution in [2.45, 2.75) is 20.4 Å². The van der Waals surface area contributed by atoms with Gasteiger partial charge in [-0.2, -0.15) is 4.57 Å². The van der Waals surface area contributed by atoms with Crippen LogP contribution in [0.5, 0.6) is 0 Å². The van der Waals surface area contributed by atoms with Crippen LogP contribution in [-0.2, 0) is 6.54 Å². The van der Waals surface area contributed by atoms with Gasteiger partial charge >= 0.3 is 0 Å². The fourth-order valence-corrected chi connectivity index (χ4v) is 3.57. The Bertz CT molecular complexity index is 1110. The lowest BCUT2D eigenvalue weighted by Gasteiger charge is -2.05. The Morgan fingerprint density at radius 3 is 2.25 bits per heavy atom. The molecule has 0 saturated heterocycles. The molecule has 28 heavy (non-hydrogen) atoms. The minimum atomic E-state index is -0.101. The number of para-hydroxylation sites is 2. The number of hydrogen-bond donors (Lipinski definition) is 1. The van der Waals surface area contributed by atoms with E-state index in [-0.39, 0.29) is 29.9 Å². The average molecular weight is 483 g/mol. The number of benzene rings is 3. The predicted molar refractivity (Wildman–Crippen MR) is 108 cm³/mol. The molecular formula is C23H22IN3O. The minimum absolute atomic E-state index is 0. The molecule has 5 heteroatoms. The van der Waals surface area contributed by atoms with Gasteiger partial charge in [-0.1, -0.05) is 36.4 Å². The van der Waals surface area contributed by atoms with E-state index >= 15 is 0 Å². The molecule has 142 valence electrons. The molecule has 1 N–H and O–H groups in total. The number of hydrogen-bond acceptors (Lipinski definition) is 1. The lowest BCUT2D eigenvalue weighted by atomic mass is 10.1. The highest BCUT2D eigenvalue weighted by molar-refractivity contribution is 6.05. The number of rotatable bonds is 4. The maximum atomic E-state index is 12.7. The average Bonchev–Trinajstić information content (AvgIpc) is 2.99. The number of imidazole rings is 1. The summed E-state index contributed by atoms with van der Waals surface area (Å²) in [5, 5.41) is 2.96. The summed E-state index contributed by atoms with van der Waals surface area (Å²) in [6, 6.07) is 25.7. The summed E-state index contributed by atoms with van der Waals surface area (Å²) in [5.74, 6) is 1.04. The number of aromatic nitrogens is 2. The summed E-state index contributed by atoms with van der Waals surface area (Å²) in [7, 11) is 0. The van der Waals surface area contributed by atoms with E-state index in [4.69, 9.17) is 0 Å². The zero-order chi connectivity index (χ0) is 18.8. The normalized spacial score (nSPS) is 10.5. The number of carbonyl (C=O) groups excluding carboxylic acids is 1. The van der Waals surface area contributed by atoms with E-state index < -0.39 is 0 Å². The van der Waals surface area contributed by atoms with Crippen molar-refractivity contribution in [2.75, 3.05) is 5.32 Å². The van der Waals surface area contributed by atoms with Crippen molar-refractivity contribution in [1.29, 1.82) is 0 Å². The first-order valence-electron chi connectivity index (χ1n) is 9.15. The van der Waals surface area contributed by atoms with Crippen molar-refractivity contribution in [1.82, 2.24) is 4.57 Å². The molecule has 0 fully saturated rings. The number of aryl methyl sites for hydroxylation is 1. The zero-order valence-corrected chi connectivity index (χ0v) is 18.1. The molecule has 3 aromatic carbocycles. The highest BCUT2D eigenvalue weighted by Crippen LogP contribution is 2.22. The standard InChI is InChI=1S/C23H21N3O.HI/c1-3-25-17(2)26(20-12-8-5-9-13-20)21-15-14-18(16-22(21)25)23(27)24-19-10-6-4-7-11-19;/h4-16H,3H2,1-2H3;1H. The van der Waals surface area contributed by atoms with Crippen molar-refractivity contribution in [3.05, 3.63) is 90.3 Å². The summed E-state index contributed by atoms with van der Waals surface area (Å²) < 4.78 is 4.47. The Hall–Kier alpha value is -2.67. The quantitative estimate of drug-likeness (QED) is 0.347. The van der Waals surface area contributed by atoms with Crippen molar-refractivity contribution in [2.24, 2.45) is 0 Å². The molecule has 0 radical (unpaired) electrons. The number of fused-ring (bicyclic) bond motifs is 1. The van der Waals surface area contributed by atoms with E-state index in [0.717, 1.165) is 34.8 Å². The van der Waals surface area contributed by atoms with Crippen LogP contribution in [0.15, 0.2) is 78.9 Å². The largest absolute Gasteiger partial charge is 1.00 e. The summed E-state index contributed by atoms with van der Waals surface area (Å²) in [4.78, 5) is 12.7. The van der Waals surface area contributed by atoms with Gasteiger partial charge in [-0.3, -0.25) is 4.79 Å². The van der Waals surface area contributed by atoms with Gasteiger partial charge in [0.15, 0.2) is 11.0 Å². The van der Waals surface area contributed by atoms with Crippen molar-refractivity contribution < 1.29 is 33.3 Å². The Labute approximate surface area is 181 Å². The van der Waals surface area contributed by atoms with E-state index in [2.05, 4.69) is 40.4 Å². The second-order valence-corrected chi connectivity index (χ2v) is 6.49. The molecule has 0 unspecified atom stereocenters. The number of nitrogens with one attached hydrogen (secondary N) is 1. The molecule has 4 nitrogen and oxygen atoms in total. The first-order chi connectivity index (χ1) is 13.2. The fraction of sp³-hybridized carbons (Fsp3) is 0.130. The molecule has 0 aliphatic heterocycles. The van der Waals surface area contributed by atoms with E-state index in [1.54, 1.807) is 0 Å². The number of nitrogens with zero attached hydrogens (tertiary/aromatic N) is 2. The number of halogens is 1. The summed E-state index contributed by atoms with van der Waals surface area (Å²) in [5.41, 5.74) is 4.72. The number of amides is 1.